The highest BCUT2D eigenvalue weighted by Gasteiger charge is 2.21. The van der Waals surface area contributed by atoms with Crippen LogP contribution in [0.1, 0.15) is 33.3 Å². The Hall–Kier alpha value is -3.76. The molecule has 0 atom stereocenters. The van der Waals surface area contributed by atoms with Gasteiger partial charge in [-0.05, 0) is 56.7 Å². The zero-order valence-electron chi connectivity index (χ0n) is 20.1. The summed E-state index contributed by atoms with van der Waals surface area (Å²) in [5.74, 6) is 0.702. The molecule has 0 aliphatic rings. The van der Waals surface area contributed by atoms with Crippen molar-refractivity contribution in [3.63, 3.8) is 0 Å². The highest BCUT2D eigenvalue weighted by molar-refractivity contribution is 7.90. The molecule has 0 fully saturated rings. The third-order valence-corrected chi connectivity index (χ3v) is 7.97. The number of fused-ring (bicyclic) bond motifs is 2. The number of halogens is 1. The van der Waals surface area contributed by atoms with E-state index in [-0.39, 0.29) is 10.6 Å². The summed E-state index contributed by atoms with van der Waals surface area (Å²) >= 11 is 6.71. The standard InChI is InChI=1S/C25H23ClN6O3S/c1-14-5-8-18(9-6-14)36(34,35)30-25(33)20-11-10-19-24(29-20)32(16(3)27-19)13-17-7-12-21-23(22(17)26)28-15(2)31(21)4/h5-12H,13H2,1-4H3,(H,30,33). The van der Waals surface area contributed by atoms with E-state index in [4.69, 9.17) is 11.6 Å². The van der Waals surface area contributed by atoms with E-state index in [9.17, 15) is 13.2 Å². The number of hydrogen-bond donors (Lipinski definition) is 1. The number of imidazole rings is 2. The lowest BCUT2D eigenvalue weighted by Crippen LogP contribution is -2.31. The van der Waals surface area contributed by atoms with Crippen LogP contribution >= 0.6 is 11.6 Å². The van der Waals surface area contributed by atoms with Gasteiger partial charge in [-0.25, -0.2) is 28.1 Å². The molecule has 3 heterocycles. The van der Waals surface area contributed by atoms with Gasteiger partial charge in [0.15, 0.2) is 5.65 Å². The number of aromatic nitrogens is 5. The van der Waals surface area contributed by atoms with Gasteiger partial charge in [-0.1, -0.05) is 35.4 Å². The smallest absolute Gasteiger partial charge is 0.283 e. The number of pyridine rings is 1. The number of carbonyl (C=O) groups is 1. The van der Waals surface area contributed by atoms with Gasteiger partial charge >= 0.3 is 0 Å². The molecule has 3 aromatic heterocycles. The van der Waals surface area contributed by atoms with Crippen LogP contribution in [0, 0.1) is 20.8 Å². The van der Waals surface area contributed by atoms with E-state index in [0.717, 1.165) is 22.5 Å². The van der Waals surface area contributed by atoms with Crippen molar-refractivity contribution in [3.8, 4) is 0 Å². The van der Waals surface area contributed by atoms with Gasteiger partial charge in [-0.15, -0.1) is 0 Å². The second-order valence-electron chi connectivity index (χ2n) is 8.66. The monoisotopic (exact) mass is 522 g/mol. The topological polar surface area (TPSA) is 112 Å². The Morgan fingerprint density at radius 1 is 0.944 bits per heavy atom. The molecule has 0 unspecified atom stereocenters. The molecular formula is C25H23ClN6O3S. The second-order valence-corrected chi connectivity index (χ2v) is 10.7. The van der Waals surface area contributed by atoms with Crippen molar-refractivity contribution < 1.29 is 13.2 Å². The number of nitrogens with zero attached hydrogens (tertiary/aromatic N) is 5. The van der Waals surface area contributed by atoms with Crippen LogP contribution in [0.3, 0.4) is 0 Å². The molecule has 2 aromatic carbocycles. The van der Waals surface area contributed by atoms with Gasteiger partial charge in [0.25, 0.3) is 15.9 Å². The van der Waals surface area contributed by atoms with Gasteiger partial charge in [-0.2, -0.15) is 0 Å². The summed E-state index contributed by atoms with van der Waals surface area (Å²) in [5, 5.41) is 0.538. The molecule has 1 N–H and O–H groups in total. The van der Waals surface area contributed by atoms with E-state index in [1.54, 1.807) is 18.2 Å². The predicted molar refractivity (Wildman–Crippen MR) is 138 cm³/mol. The fourth-order valence-corrected chi connectivity index (χ4v) is 5.28. The van der Waals surface area contributed by atoms with Crippen molar-refractivity contribution >= 4 is 49.7 Å². The number of carbonyl (C=O) groups excluding carboxylic acids is 1. The number of aryl methyl sites for hydroxylation is 4. The largest absolute Gasteiger partial charge is 0.331 e. The van der Waals surface area contributed by atoms with E-state index in [2.05, 4.69) is 19.7 Å². The normalized spacial score (nSPS) is 11.9. The summed E-state index contributed by atoms with van der Waals surface area (Å²) in [6.45, 7) is 5.95. The van der Waals surface area contributed by atoms with E-state index in [1.807, 2.05) is 49.1 Å². The summed E-state index contributed by atoms with van der Waals surface area (Å²) in [4.78, 5) is 26.4. The summed E-state index contributed by atoms with van der Waals surface area (Å²) < 4.78 is 31.3. The number of sulfonamides is 1. The Morgan fingerprint density at radius 3 is 2.39 bits per heavy atom. The molecule has 184 valence electrons. The van der Waals surface area contributed by atoms with Crippen LogP contribution in [0.15, 0.2) is 53.4 Å². The lowest BCUT2D eigenvalue weighted by Gasteiger charge is -2.10. The summed E-state index contributed by atoms with van der Waals surface area (Å²) in [5.41, 5.74) is 4.36. The minimum absolute atomic E-state index is 0.00166. The number of rotatable bonds is 5. The Balaban J connectivity index is 1.49. The summed E-state index contributed by atoms with van der Waals surface area (Å²) in [7, 11) is -2.11. The van der Waals surface area contributed by atoms with Crippen molar-refractivity contribution in [2.24, 2.45) is 7.05 Å². The first kappa shape index (κ1) is 24.0. The Bertz CT molecular complexity index is 1770. The molecule has 0 saturated heterocycles. The summed E-state index contributed by atoms with van der Waals surface area (Å²) in [6.07, 6.45) is 0. The fourth-order valence-electron chi connectivity index (χ4n) is 4.06. The first-order valence-electron chi connectivity index (χ1n) is 11.1. The average Bonchev–Trinajstić information content (AvgIpc) is 3.30. The van der Waals surface area contributed by atoms with Crippen LogP contribution in [-0.4, -0.2) is 38.4 Å². The fraction of sp³-hybridized carbons (Fsp3) is 0.200. The van der Waals surface area contributed by atoms with E-state index < -0.39 is 15.9 Å². The molecule has 0 spiro atoms. The third kappa shape index (κ3) is 4.12. The Kier molecular flexibility index (Phi) is 5.80. The van der Waals surface area contributed by atoms with Crippen molar-refractivity contribution in [1.82, 2.24) is 28.8 Å². The lowest BCUT2D eigenvalue weighted by molar-refractivity contribution is 0.0977. The van der Waals surface area contributed by atoms with Crippen molar-refractivity contribution in [1.29, 1.82) is 0 Å². The zero-order chi connectivity index (χ0) is 25.8. The minimum atomic E-state index is -4.05. The number of benzene rings is 2. The van der Waals surface area contributed by atoms with Crippen LogP contribution in [0.25, 0.3) is 22.2 Å². The number of nitrogens with one attached hydrogen (secondary N) is 1. The van der Waals surface area contributed by atoms with Crippen molar-refractivity contribution in [3.05, 3.63) is 82.0 Å². The van der Waals surface area contributed by atoms with Crippen LogP contribution in [0.4, 0.5) is 0 Å². The molecule has 0 bridgehead atoms. The molecule has 5 aromatic rings. The maximum Gasteiger partial charge on any atom is 0.283 e. The first-order valence-corrected chi connectivity index (χ1v) is 13.0. The van der Waals surface area contributed by atoms with E-state index in [1.165, 1.54) is 18.2 Å². The van der Waals surface area contributed by atoms with Gasteiger partial charge in [0, 0.05) is 7.05 Å². The number of amides is 1. The summed E-state index contributed by atoms with van der Waals surface area (Å²) in [6, 6.07) is 13.2. The van der Waals surface area contributed by atoms with Crippen molar-refractivity contribution in [2.75, 3.05) is 0 Å². The third-order valence-electron chi connectivity index (χ3n) is 6.20. The highest BCUT2D eigenvalue weighted by atomic mass is 35.5. The van der Waals surface area contributed by atoms with E-state index >= 15 is 0 Å². The molecule has 0 radical (unpaired) electrons. The molecule has 0 saturated carbocycles. The lowest BCUT2D eigenvalue weighted by atomic mass is 10.2. The van der Waals surface area contributed by atoms with Crippen LogP contribution in [0.5, 0.6) is 0 Å². The van der Waals surface area contributed by atoms with Crippen LogP contribution in [-0.2, 0) is 23.6 Å². The maximum absolute atomic E-state index is 12.8. The van der Waals surface area contributed by atoms with E-state index in [0.29, 0.717) is 34.1 Å². The van der Waals surface area contributed by atoms with Gasteiger partial charge in [0.2, 0.25) is 0 Å². The molecule has 11 heteroatoms. The van der Waals surface area contributed by atoms with Gasteiger partial charge in [-0.3, -0.25) is 4.79 Å². The molecular weight excluding hydrogens is 500 g/mol. The van der Waals surface area contributed by atoms with Gasteiger partial charge in [0.1, 0.15) is 28.4 Å². The Labute approximate surface area is 212 Å². The second kappa shape index (κ2) is 8.72. The zero-order valence-corrected chi connectivity index (χ0v) is 21.6. The van der Waals surface area contributed by atoms with Crippen LogP contribution in [0.2, 0.25) is 5.02 Å². The Morgan fingerprint density at radius 2 is 1.67 bits per heavy atom. The predicted octanol–water partition coefficient (Wildman–Crippen LogP) is 4.06. The van der Waals surface area contributed by atoms with Crippen LogP contribution < -0.4 is 4.72 Å². The molecule has 5 rings (SSSR count). The van der Waals surface area contributed by atoms with Crippen molar-refractivity contribution in [2.45, 2.75) is 32.2 Å². The molecule has 9 nitrogen and oxygen atoms in total. The molecule has 36 heavy (non-hydrogen) atoms. The first-order chi connectivity index (χ1) is 17.0. The molecule has 1 amide bonds. The SMILES string of the molecule is Cc1ccc(S(=O)(=O)NC(=O)c2ccc3nc(C)n(Cc4ccc5c(nc(C)n5C)c4Cl)c3n2)cc1. The number of hydrogen-bond acceptors (Lipinski definition) is 6. The molecule has 0 aliphatic heterocycles. The molecule has 0 aliphatic carbocycles. The quantitative estimate of drug-likeness (QED) is 0.372. The average molecular weight is 523 g/mol. The van der Waals surface area contributed by atoms with Gasteiger partial charge in [0.05, 0.1) is 22.0 Å². The minimum Gasteiger partial charge on any atom is -0.331 e. The highest BCUT2D eigenvalue weighted by Crippen LogP contribution is 2.29. The van der Waals surface area contributed by atoms with Gasteiger partial charge < -0.3 is 9.13 Å². The maximum atomic E-state index is 12.8.